The molecule has 0 aliphatic heterocycles. The van der Waals surface area contributed by atoms with Crippen LogP contribution in [0.5, 0.6) is 5.75 Å². The molecule has 0 aliphatic rings. The number of aromatic nitrogens is 2. The van der Waals surface area contributed by atoms with Gasteiger partial charge in [-0.1, -0.05) is 27.7 Å². The van der Waals surface area contributed by atoms with Gasteiger partial charge >= 0.3 is 5.97 Å². The molecule has 0 bridgehead atoms. The summed E-state index contributed by atoms with van der Waals surface area (Å²) in [6.45, 7) is 0. The molecule has 0 aliphatic carbocycles. The van der Waals surface area contributed by atoms with E-state index in [4.69, 9.17) is 4.74 Å². The summed E-state index contributed by atoms with van der Waals surface area (Å²) in [5.41, 5.74) is 1.04. The second kappa shape index (κ2) is 8.16. The monoisotopic (exact) mass is 398 g/mol. The highest BCUT2D eigenvalue weighted by molar-refractivity contribution is 9.10. The Kier molecular flexibility index (Phi) is 6.23. The number of nitrogens with zero attached hydrogens (tertiary/aromatic N) is 1. The molecule has 0 saturated carbocycles. The Bertz CT molecular complexity index is 763. The molecule has 0 spiro atoms. The normalized spacial score (nSPS) is 10.4. The van der Waals surface area contributed by atoms with E-state index in [0.29, 0.717) is 16.6 Å². The van der Waals surface area contributed by atoms with Gasteiger partial charge in [0.1, 0.15) is 5.75 Å². The van der Waals surface area contributed by atoms with E-state index in [1.165, 1.54) is 24.9 Å². The molecule has 1 aromatic carbocycles. The number of halogens is 1. The fourth-order valence-electron chi connectivity index (χ4n) is 1.87. The minimum Gasteiger partial charge on any atom is -0.496 e. The second-order valence-corrected chi connectivity index (χ2v) is 6.42. The van der Waals surface area contributed by atoms with Gasteiger partial charge in [0.05, 0.1) is 26.3 Å². The van der Waals surface area contributed by atoms with Crippen LogP contribution in [0, 0.1) is 0 Å². The lowest BCUT2D eigenvalue weighted by Crippen LogP contribution is -2.13. The molecule has 0 saturated heterocycles. The van der Waals surface area contributed by atoms with Crippen LogP contribution in [0.25, 0.3) is 0 Å². The molecule has 122 valence electrons. The van der Waals surface area contributed by atoms with E-state index in [9.17, 15) is 9.59 Å². The summed E-state index contributed by atoms with van der Waals surface area (Å²) in [6, 6.07) is 7.00. The lowest BCUT2D eigenvalue weighted by Gasteiger charge is -2.09. The van der Waals surface area contributed by atoms with Gasteiger partial charge in [-0.2, -0.15) is 0 Å². The highest BCUT2D eigenvalue weighted by Gasteiger charge is 2.09. The zero-order chi connectivity index (χ0) is 16.8. The molecular formula is C15H15BrN2O4S. The number of carbonyl (C=O) groups excluding carboxylic acids is 1. The molecule has 1 aromatic heterocycles. The van der Waals surface area contributed by atoms with E-state index in [1.807, 2.05) is 18.2 Å². The Morgan fingerprint density at radius 2 is 2.13 bits per heavy atom. The van der Waals surface area contributed by atoms with E-state index in [0.717, 1.165) is 15.8 Å². The first-order chi connectivity index (χ1) is 11.0. The van der Waals surface area contributed by atoms with Gasteiger partial charge in [-0.3, -0.25) is 9.59 Å². The Balaban J connectivity index is 2.16. The number of rotatable bonds is 6. The number of aromatic amines is 1. The number of esters is 1. The van der Waals surface area contributed by atoms with E-state index in [2.05, 4.69) is 30.6 Å². The van der Waals surface area contributed by atoms with Crippen LogP contribution in [-0.4, -0.2) is 30.2 Å². The van der Waals surface area contributed by atoms with Crippen molar-refractivity contribution in [2.75, 3.05) is 14.2 Å². The van der Waals surface area contributed by atoms with Gasteiger partial charge in [-0.05, 0) is 18.2 Å². The summed E-state index contributed by atoms with van der Waals surface area (Å²) in [7, 11) is 2.90. The zero-order valence-corrected chi connectivity index (χ0v) is 15.0. The highest BCUT2D eigenvalue weighted by Crippen LogP contribution is 2.28. The maximum Gasteiger partial charge on any atom is 0.311 e. The molecule has 0 fully saturated rings. The number of benzene rings is 1. The van der Waals surface area contributed by atoms with Crippen molar-refractivity contribution in [2.24, 2.45) is 0 Å². The second-order valence-electron chi connectivity index (χ2n) is 4.54. The van der Waals surface area contributed by atoms with Crippen molar-refractivity contribution in [2.45, 2.75) is 17.3 Å². The van der Waals surface area contributed by atoms with Crippen molar-refractivity contribution in [3.05, 3.63) is 50.3 Å². The predicted octanol–water partition coefficient (Wildman–Crippen LogP) is 2.55. The van der Waals surface area contributed by atoms with Gasteiger partial charge in [-0.15, -0.1) is 0 Å². The lowest BCUT2D eigenvalue weighted by molar-refractivity contribution is -0.139. The highest BCUT2D eigenvalue weighted by atomic mass is 79.9. The van der Waals surface area contributed by atoms with Gasteiger partial charge in [0.2, 0.25) is 0 Å². The van der Waals surface area contributed by atoms with E-state index >= 15 is 0 Å². The van der Waals surface area contributed by atoms with Crippen LogP contribution in [0.4, 0.5) is 0 Å². The molecular weight excluding hydrogens is 384 g/mol. The van der Waals surface area contributed by atoms with Crippen molar-refractivity contribution < 1.29 is 14.3 Å². The molecule has 2 aromatic rings. The van der Waals surface area contributed by atoms with Gasteiger partial charge in [0, 0.05) is 21.9 Å². The largest absolute Gasteiger partial charge is 0.496 e. The van der Waals surface area contributed by atoms with Gasteiger partial charge in [0.15, 0.2) is 5.16 Å². The number of nitrogens with one attached hydrogen (secondary N) is 1. The van der Waals surface area contributed by atoms with Crippen LogP contribution in [0.15, 0.2) is 38.7 Å². The van der Waals surface area contributed by atoms with Crippen LogP contribution < -0.4 is 10.3 Å². The standard InChI is InChI=1S/C15H15BrN2O4S/c1-21-12-4-3-10(16)5-9(12)8-23-15-17-11(6-13(19)18-15)7-14(20)22-2/h3-6H,7-8H2,1-2H3,(H,17,18,19). The quantitative estimate of drug-likeness (QED) is 0.457. The average molecular weight is 399 g/mol. The van der Waals surface area contributed by atoms with E-state index < -0.39 is 5.97 Å². The summed E-state index contributed by atoms with van der Waals surface area (Å²) in [4.78, 5) is 29.9. The maximum absolute atomic E-state index is 11.7. The summed E-state index contributed by atoms with van der Waals surface area (Å²) in [5.74, 6) is 0.884. The summed E-state index contributed by atoms with van der Waals surface area (Å²) < 4.78 is 10.8. The molecule has 0 radical (unpaired) electrons. The Labute approximate surface area is 145 Å². The van der Waals surface area contributed by atoms with Crippen molar-refractivity contribution in [3.8, 4) is 5.75 Å². The minimum atomic E-state index is -0.437. The molecule has 2 rings (SSSR count). The number of ether oxygens (including phenoxy) is 2. The topological polar surface area (TPSA) is 81.3 Å². The lowest BCUT2D eigenvalue weighted by atomic mass is 10.2. The molecule has 1 N–H and O–H groups in total. The third kappa shape index (κ3) is 5.11. The summed E-state index contributed by atoms with van der Waals surface area (Å²) >= 11 is 4.78. The van der Waals surface area contributed by atoms with Crippen molar-refractivity contribution in [1.82, 2.24) is 9.97 Å². The number of hydrogen-bond donors (Lipinski definition) is 1. The first-order valence-electron chi connectivity index (χ1n) is 6.64. The number of hydrogen-bond acceptors (Lipinski definition) is 6. The smallest absolute Gasteiger partial charge is 0.311 e. The molecule has 0 atom stereocenters. The average Bonchev–Trinajstić information content (AvgIpc) is 2.52. The molecule has 0 unspecified atom stereocenters. The number of methoxy groups -OCH3 is 2. The third-order valence-electron chi connectivity index (χ3n) is 2.93. The first-order valence-corrected chi connectivity index (χ1v) is 8.42. The van der Waals surface area contributed by atoms with Crippen molar-refractivity contribution in [3.63, 3.8) is 0 Å². The summed E-state index contributed by atoms with van der Waals surface area (Å²) in [5, 5.41) is 0.443. The van der Waals surface area contributed by atoms with Gasteiger partial charge in [0.25, 0.3) is 5.56 Å². The minimum absolute atomic E-state index is 0.0335. The molecule has 1 heterocycles. The van der Waals surface area contributed by atoms with Crippen LogP contribution in [0.1, 0.15) is 11.3 Å². The Hall–Kier alpha value is -1.80. The first kappa shape index (κ1) is 17.6. The maximum atomic E-state index is 11.7. The van der Waals surface area contributed by atoms with Gasteiger partial charge in [-0.25, -0.2) is 4.98 Å². The molecule has 8 heteroatoms. The fourth-order valence-corrected chi connectivity index (χ4v) is 3.15. The molecule has 0 amide bonds. The Morgan fingerprint density at radius 1 is 1.35 bits per heavy atom. The van der Waals surface area contributed by atoms with E-state index in [-0.39, 0.29) is 12.0 Å². The van der Waals surface area contributed by atoms with Crippen molar-refractivity contribution >= 4 is 33.7 Å². The summed E-state index contributed by atoms with van der Waals surface area (Å²) in [6.07, 6.45) is -0.0335. The zero-order valence-electron chi connectivity index (χ0n) is 12.6. The van der Waals surface area contributed by atoms with E-state index in [1.54, 1.807) is 7.11 Å². The van der Waals surface area contributed by atoms with Gasteiger partial charge < -0.3 is 14.5 Å². The number of H-pyrrole nitrogens is 1. The molecule has 6 nitrogen and oxygen atoms in total. The van der Waals surface area contributed by atoms with Crippen molar-refractivity contribution in [1.29, 1.82) is 0 Å². The number of thioether (sulfide) groups is 1. The SMILES string of the molecule is COC(=O)Cc1cc(=O)[nH]c(SCc2cc(Br)ccc2OC)n1. The van der Waals surface area contributed by atoms with Crippen LogP contribution in [-0.2, 0) is 21.7 Å². The predicted molar refractivity (Wildman–Crippen MR) is 90.8 cm³/mol. The van der Waals surface area contributed by atoms with Crippen LogP contribution in [0.3, 0.4) is 0 Å². The number of carbonyl (C=O) groups is 1. The van der Waals surface area contributed by atoms with Crippen LogP contribution in [0.2, 0.25) is 0 Å². The Morgan fingerprint density at radius 3 is 2.83 bits per heavy atom. The van der Waals surface area contributed by atoms with Crippen LogP contribution >= 0.6 is 27.7 Å². The fraction of sp³-hybridized carbons (Fsp3) is 0.267. The molecule has 23 heavy (non-hydrogen) atoms. The third-order valence-corrected chi connectivity index (χ3v) is 4.35.